The Labute approximate surface area is 104 Å². The molecule has 0 radical (unpaired) electrons. The van der Waals surface area contributed by atoms with Crippen LogP contribution in [0.5, 0.6) is 5.75 Å². The summed E-state index contributed by atoms with van der Waals surface area (Å²) in [6.07, 6.45) is 1.19. The summed E-state index contributed by atoms with van der Waals surface area (Å²) in [7, 11) is 0. The van der Waals surface area contributed by atoms with E-state index in [0.29, 0.717) is 6.61 Å². The van der Waals surface area contributed by atoms with Crippen LogP contribution in [0.3, 0.4) is 0 Å². The van der Waals surface area contributed by atoms with Gasteiger partial charge < -0.3 is 15.2 Å². The Morgan fingerprint density at radius 1 is 1.24 bits per heavy atom. The van der Waals surface area contributed by atoms with E-state index in [9.17, 15) is 0 Å². The van der Waals surface area contributed by atoms with Crippen LogP contribution in [0.25, 0.3) is 0 Å². The number of rotatable bonds is 7. The lowest BCUT2D eigenvalue weighted by Gasteiger charge is -2.18. The molecule has 17 heavy (non-hydrogen) atoms. The zero-order valence-corrected chi connectivity index (χ0v) is 11.0. The van der Waals surface area contributed by atoms with Crippen molar-refractivity contribution < 1.29 is 9.47 Å². The maximum atomic E-state index is 6.11. The van der Waals surface area contributed by atoms with Crippen LogP contribution in [0, 0.1) is 0 Å². The molecular formula is C14H23NO2. The summed E-state index contributed by atoms with van der Waals surface area (Å²) in [6.45, 7) is 7.34. The minimum atomic E-state index is -0.134. The van der Waals surface area contributed by atoms with Crippen LogP contribution in [-0.2, 0) is 4.74 Å². The zero-order chi connectivity index (χ0) is 12.7. The lowest BCUT2D eigenvalue weighted by molar-refractivity contribution is 0.0677. The molecule has 0 amide bonds. The van der Waals surface area contributed by atoms with Crippen molar-refractivity contribution in [2.24, 2.45) is 5.73 Å². The van der Waals surface area contributed by atoms with Gasteiger partial charge in [-0.1, -0.05) is 25.1 Å². The van der Waals surface area contributed by atoms with Crippen molar-refractivity contribution in [1.29, 1.82) is 0 Å². The van der Waals surface area contributed by atoms with Crippen molar-refractivity contribution >= 4 is 0 Å². The van der Waals surface area contributed by atoms with Crippen molar-refractivity contribution in [3.8, 4) is 5.75 Å². The van der Waals surface area contributed by atoms with E-state index in [1.165, 1.54) is 0 Å². The van der Waals surface area contributed by atoms with Gasteiger partial charge in [-0.05, 0) is 26.3 Å². The highest BCUT2D eigenvalue weighted by molar-refractivity contribution is 5.35. The molecule has 1 aromatic rings. The number of ether oxygens (including phenoxy) is 2. The zero-order valence-electron chi connectivity index (χ0n) is 11.0. The van der Waals surface area contributed by atoms with Crippen molar-refractivity contribution in [2.45, 2.75) is 39.3 Å². The van der Waals surface area contributed by atoms with Crippen LogP contribution in [0.1, 0.15) is 38.8 Å². The van der Waals surface area contributed by atoms with Gasteiger partial charge in [0.1, 0.15) is 5.75 Å². The molecule has 3 heteroatoms. The van der Waals surface area contributed by atoms with Gasteiger partial charge in [0.2, 0.25) is 0 Å². The molecule has 0 saturated heterocycles. The first-order valence-electron chi connectivity index (χ1n) is 6.24. The second-order valence-corrected chi connectivity index (χ2v) is 4.37. The molecule has 2 N–H and O–H groups in total. The van der Waals surface area contributed by atoms with Gasteiger partial charge in [0.25, 0.3) is 0 Å². The van der Waals surface area contributed by atoms with Crippen molar-refractivity contribution in [3.63, 3.8) is 0 Å². The van der Waals surface area contributed by atoms with Gasteiger partial charge in [0, 0.05) is 5.56 Å². The predicted octanol–water partition coefficient (Wildman–Crippen LogP) is 2.90. The lowest BCUT2D eigenvalue weighted by Crippen LogP contribution is -2.20. The average Bonchev–Trinajstić information content (AvgIpc) is 2.33. The lowest BCUT2D eigenvalue weighted by atomic mass is 10.1. The number of hydrogen-bond donors (Lipinski definition) is 1. The maximum absolute atomic E-state index is 6.11. The highest BCUT2D eigenvalue weighted by Gasteiger charge is 2.12. The van der Waals surface area contributed by atoms with Crippen LogP contribution in [-0.4, -0.2) is 19.3 Å². The fraction of sp³-hybridized carbons (Fsp3) is 0.571. The van der Waals surface area contributed by atoms with Gasteiger partial charge in [0.15, 0.2) is 0 Å². The van der Waals surface area contributed by atoms with Crippen LogP contribution in [0.2, 0.25) is 0 Å². The maximum Gasteiger partial charge on any atom is 0.124 e. The number of para-hydroxylation sites is 1. The van der Waals surface area contributed by atoms with Gasteiger partial charge >= 0.3 is 0 Å². The van der Waals surface area contributed by atoms with E-state index in [-0.39, 0.29) is 12.1 Å². The molecule has 0 saturated carbocycles. The molecule has 1 unspecified atom stereocenters. The highest BCUT2D eigenvalue weighted by atomic mass is 16.5. The van der Waals surface area contributed by atoms with Crippen molar-refractivity contribution in [2.75, 3.05) is 13.2 Å². The molecule has 0 aromatic heterocycles. The Kier molecular flexibility index (Phi) is 6.01. The summed E-state index contributed by atoms with van der Waals surface area (Å²) >= 11 is 0. The van der Waals surface area contributed by atoms with Gasteiger partial charge in [-0.2, -0.15) is 0 Å². The topological polar surface area (TPSA) is 44.5 Å². The molecule has 3 nitrogen and oxygen atoms in total. The Hall–Kier alpha value is -1.06. The van der Waals surface area contributed by atoms with E-state index in [1.54, 1.807) is 0 Å². The first-order chi connectivity index (χ1) is 8.15. The predicted molar refractivity (Wildman–Crippen MR) is 70.2 cm³/mol. The molecule has 1 atom stereocenters. The first-order valence-corrected chi connectivity index (χ1v) is 6.24. The Balaban J connectivity index is 2.67. The largest absolute Gasteiger partial charge is 0.493 e. The minimum absolute atomic E-state index is 0.134. The van der Waals surface area contributed by atoms with Crippen LogP contribution >= 0.6 is 0 Å². The summed E-state index contributed by atoms with van der Waals surface area (Å²) in [6, 6.07) is 7.76. The number of nitrogens with two attached hydrogens (primary N) is 1. The Morgan fingerprint density at radius 2 is 1.94 bits per heavy atom. The molecule has 0 aliphatic heterocycles. The first kappa shape index (κ1) is 14.0. The molecule has 0 heterocycles. The van der Waals surface area contributed by atoms with Gasteiger partial charge in [-0.15, -0.1) is 0 Å². The summed E-state index contributed by atoms with van der Waals surface area (Å²) in [5, 5.41) is 0. The third kappa shape index (κ3) is 4.75. The van der Waals surface area contributed by atoms with Crippen molar-refractivity contribution in [3.05, 3.63) is 29.8 Å². The van der Waals surface area contributed by atoms with Crippen LogP contribution in [0.4, 0.5) is 0 Å². The number of benzene rings is 1. The monoisotopic (exact) mass is 237 g/mol. The molecule has 0 spiro atoms. The number of hydrogen-bond acceptors (Lipinski definition) is 3. The second kappa shape index (κ2) is 7.30. The normalized spacial score (nSPS) is 12.8. The Bertz CT molecular complexity index is 326. The molecular weight excluding hydrogens is 214 g/mol. The molecule has 0 bridgehead atoms. The molecule has 0 aliphatic carbocycles. The van der Waals surface area contributed by atoms with E-state index in [0.717, 1.165) is 24.3 Å². The van der Waals surface area contributed by atoms with Gasteiger partial charge in [0.05, 0.1) is 25.4 Å². The molecule has 0 fully saturated rings. The molecule has 0 aliphatic rings. The standard InChI is InChI=1S/C14H23NO2/c1-4-9-16-14-8-6-5-7-12(14)13(15)10-17-11(2)3/h5-8,11,13H,4,9-10,15H2,1-3H3. The van der Waals surface area contributed by atoms with E-state index >= 15 is 0 Å². The fourth-order valence-corrected chi connectivity index (χ4v) is 1.52. The SMILES string of the molecule is CCCOc1ccccc1C(N)COC(C)C. The summed E-state index contributed by atoms with van der Waals surface area (Å²) < 4.78 is 11.2. The van der Waals surface area contributed by atoms with Crippen LogP contribution in [0.15, 0.2) is 24.3 Å². The highest BCUT2D eigenvalue weighted by Crippen LogP contribution is 2.24. The average molecular weight is 237 g/mol. The second-order valence-electron chi connectivity index (χ2n) is 4.37. The van der Waals surface area contributed by atoms with Gasteiger partial charge in [-0.3, -0.25) is 0 Å². The smallest absolute Gasteiger partial charge is 0.124 e. The Morgan fingerprint density at radius 3 is 2.59 bits per heavy atom. The van der Waals surface area contributed by atoms with E-state index < -0.39 is 0 Å². The van der Waals surface area contributed by atoms with Gasteiger partial charge in [-0.25, -0.2) is 0 Å². The van der Waals surface area contributed by atoms with E-state index in [2.05, 4.69) is 6.92 Å². The van der Waals surface area contributed by atoms with Crippen LogP contribution < -0.4 is 10.5 Å². The molecule has 1 rings (SSSR count). The molecule has 96 valence electrons. The summed E-state index contributed by atoms with van der Waals surface area (Å²) in [4.78, 5) is 0. The quantitative estimate of drug-likeness (QED) is 0.793. The van der Waals surface area contributed by atoms with Crippen molar-refractivity contribution in [1.82, 2.24) is 0 Å². The van der Waals surface area contributed by atoms with E-state index in [1.807, 2.05) is 38.1 Å². The third-order valence-electron chi connectivity index (χ3n) is 2.39. The van der Waals surface area contributed by atoms with E-state index in [4.69, 9.17) is 15.2 Å². The minimum Gasteiger partial charge on any atom is -0.493 e. The summed E-state index contributed by atoms with van der Waals surface area (Å²) in [5.74, 6) is 0.870. The molecule has 1 aromatic carbocycles. The fourth-order valence-electron chi connectivity index (χ4n) is 1.52. The summed E-state index contributed by atoms with van der Waals surface area (Å²) in [5.41, 5.74) is 7.13. The third-order valence-corrected chi connectivity index (χ3v) is 2.39.